The van der Waals surface area contributed by atoms with E-state index in [9.17, 15) is 9.59 Å². The van der Waals surface area contributed by atoms with E-state index < -0.39 is 5.91 Å². The Morgan fingerprint density at radius 2 is 2.07 bits per heavy atom. The van der Waals surface area contributed by atoms with Crippen LogP contribution in [0, 0.1) is 0 Å². The van der Waals surface area contributed by atoms with E-state index in [-0.39, 0.29) is 16.8 Å². The van der Waals surface area contributed by atoms with Crippen molar-refractivity contribution in [3.05, 3.63) is 77.5 Å². The van der Waals surface area contributed by atoms with Gasteiger partial charge in [-0.15, -0.1) is 0 Å². The molecule has 0 aliphatic heterocycles. The predicted molar refractivity (Wildman–Crippen MR) is 114 cm³/mol. The van der Waals surface area contributed by atoms with Crippen LogP contribution in [0.1, 0.15) is 16.1 Å². The lowest BCUT2D eigenvalue weighted by molar-refractivity contribution is 0.0996. The van der Waals surface area contributed by atoms with E-state index in [1.54, 1.807) is 54.7 Å². The van der Waals surface area contributed by atoms with Gasteiger partial charge in [0.05, 0.1) is 23.6 Å². The summed E-state index contributed by atoms with van der Waals surface area (Å²) in [5, 5.41) is 5.76. The van der Waals surface area contributed by atoms with Gasteiger partial charge >= 0.3 is 6.03 Å². The van der Waals surface area contributed by atoms with Gasteiger partial charge in [-0.3, -0.25) is 9.78 Å². The number of rotatable bonds is 8. The number of methoxy groups -OCH3 is 1. The number of pyridine rings is 1. The van der Waals surface area contributed by atoms with Gasteiger partial charge in [0.1, 0.15) is 0 Å². The molecule has 2 heterocycles. The van der Waals surface area contributed by atoms with E-state index >= 15 is 0 Å². The van der Waals surface area contributed by atoms with Crippen LogP contribution in [0.5, 0.6) is 0 Å². The highest BCUT2D eigenvalue weighted by Gasteiger charge is 2.16. The van der Waals surface area contributed by atoms with Crippen molar-refractivity contribution < 1.29 is 18.7 Å². The second-order valence-corrected chi connectivity index (χ2v) is 6.74. The fourth-order valence-corrected chi connectivity index (χ4v) is 2.88. The van der Waals surface area contributed by atoms with Crippen molar-refractivity contribution in [1.82, 2.24) is 9.88 Å². The van der Waals surface area contributed by atoms with Crippen LogP contribution in [0.25, 0.3) is 0 Å². The summed E-state index contributed by atoms with van der Waals surface area (Å²) >= 11 is 6.27. The molecule has 0 fully saturated rings. The van der Waals surface area contributed by atoms with Gasteiger partial charge in [-0.1, -0.05) is 17.7 Å². The average Bonchev–Trinajstić information content (AvgIpc) is 3.29. The van der Waals surface area contributed by atoms with Crippen molar-refractivity contribution in [2.75, 3.05) is 30.9 Å². The number of hydrogen-bond donors (Lipinski definition) is 2. The molecule has 0 radical (unpaired) electrons. The van der Waals surface area contributed by atoms with Crippen molar-refractivity contribution in [2.45, 2.75) is 6.54 Å². The molecular weight excluding hydrogens is 408 g/mol. The number of amides is 3. The maximum absolute atomic E-state index is 12.8. The summed E-state index contributed by atoms with van der Waals surface area (Å²) in [6.45, 7) is 1.18. The Hall–Kier alpha value is -3.36. The van der Waals surface area contributed by atoms with E-state index in [0.717, 1.165) is 5.56 Å². The van der Waals surface area contributed by atoms with E-state index in [1.807, 2.05) is 12.1 Å². The smallest absolute Gasteiger partial charge is 0.322 e. The number of anilines is 2. The molecule has 0 unspecified atom stereocenters. The number of furan rings is 1. The van der Waals surface area contributed by atoms with Gasteiger partial charge in [-0.2, -0.15) is 0 Å². The minimum atomic E-state index is -0.416. The first-order chi connectivity index (χ1) is 14.6. The van der Waals surface area contributed by atoms with E-state index in [0.29, 0.717) is 31.1 Å². The summed E-state index contributed by atoms with van der Waals surface area (Å²) in [4.78, 5) is 30.6. The highest BCUT2D eigenvalue weighted by molar-refractivity contribution is 6.34. The molecule has 0 atom stereocenters. The maximum Gasteiger partial charge on any atom is 0.322 e. The van der Waals surface area contributed by atoms with Gasteiger partial charge < -0.3 is 24.7 Å². The molecule has 3 amide bonds. The Morgan fingerprint density at radius 3 is 2.73 bits per heavy atom. The van der Waals surface area contributed by atoms with Crippen LogP contribution in [0.15, 0.2) is 65.5 Å². The first-order valence-corrected chi connectivity index (χ1v) is 9.53. The van der Waals surface area contributed by atoms with E-state index in [1.165, 1.54) is 6.26 Å². The molecule has 8 nitrogen and oxygen atoms in total. The molecule has 2 N–H and O–H groups in total. The molecule has 0 spiro atoms. The van der Waals surface area contributed by atoms with Crippen LogP contribution in [0.3, 0.4) is 0 Å². The first kappa shape index (κ1) is 21.4. The van der Waals surface area contributed by atoms with Crippen LogP contribution in [-0.4, -0.2) is 42.1 Å². The Balaban J connectivity index is 1.66. The van der Waals surface area contributed by atoms with Crippen molar-refractivity contribution in [2.24, 2.45) is 0 Å². The maximum atomic E-state index is 12.8. The number of benzene rings is 1. The molecule has 0 aliphatic carbocycles. The fourth-order valence-electron chi connectivity index (χ4n) is 2.65. The Kier molecular flexibility index (Phi) is 7.42. The fraction of sp³-hybridized carbons (Fsp3) is 0.190. The second kappa shape index (κ2) is 10.4. The zero-order chi connectivity index (χ0) is 21.3. The Labute approximate surface area is 178 Å². The van der Waals surface area contributed by atoms with Gasteiger partial charge in [-0.25, -0.2) is 4.79 Å². The van der Waals surface area contributed by atoms with Crippen molar-refractivity contribution in [1.29, 1.82) is 0 Å². The number of ether oxygens (including phenoxy) is 1. The van der Waals surface area contributed by atoms with Gasteiger partial charge in [0.15, 0.2) is 5.76 Å². The van der Waals surface area contributed by atoms with E-state index in [2.05, 4.69) is 15.6 Å². The molecule has 156 valence electrons. The molecule has 9 heteroatoms. The third kappa shape index (κ3) is 5.82. The largest absolute Gasteiger partial charge is 0.459 e. The molecule has 30 heavy (non-hydrogen) atoms. The minimum absolute atomic E-state index is 0.174. The lowest BCUT2D eigenvalue weighted by Gasteiger charge is -2.23. The van der Waals surface area contributed by atoms with E-state index in [4.69, 9.17) is 20.8 Å². The van der Waals surface area contributed by atoms with Crippen molar-refractivity contribution in [3.8, 4) is 0 Å². The van der Waals surface area contributed by atoms with Crippen molar-refractivity contribution in [3.63, 3.8) is 0 Å². The number of carbonyl (C=O) groups excluding carboxylic acids is 2. The minimum Gasteiger partial charge on any atom is -0.459 e. The first-order valence-electron chi connectivity index (χ1n) is 9.15. The van der Waals surface area contributed by atoms with Crippen LogP contribution < -0.4 is 10.6 Å². The summed E-state index contributed by atoms with van der Waals surface area (Å²) in [6, 6.07) is 11.4. The number of nitrogens with zero attached hydrogens (tertiary/aromatic N) is 2. The van der Waals surface area contributed by atoms with Gasteiger partial charge in [0.2, 0.25) is 0 Å². The highest BCUT2D eigenvalue weighted by atomic mass is 35.5. The summed E-state index contributed by atoms with van der Waals surface area (Å²) < 4.78 is 10.2. The zero-order valence-electron chi connectivity index (χ0n) is 16.3. The molecular formula is C21H21ClN4O4. The Morgan fingerprint density at radius 1 is 1.20 bits per heavy atom. The van der Waals surface area contributed by atoms with Gasteiger partial charge in [-0.05, 0) is 42.0 Å². The summed E-state index contributed by atoms with van der Waals surface area (Å²) in [6.07, 6.45) is 4.80. The predicted octanol–water partition coefficient (Wildman–Crippen LogP) is 4.26. The molecule has 0 bridgehead atoms. The zero-order valence-corrected chi connectivity index (χ0v) is 17.1. The van der Waals surface area contributed by atoms with Crippen LogP contribution in [-0.2, 0) is 11.3 Å². The molecule has 3 rings (SSSR count). The topological polar surface area (TPSA) is 96.7 Å². The quantitative estimate of drug-likeness (QED) is 0.558. The second-order valence-electron chi connectivity index (χ2n) is 6.33. The summed E-state index contributed by atoms with van der Waals surface area (Å²) in [5.41, 5.74) is 1.80. The molecule has 2 aromatic heterocycles. The van der Waals surface area contributed by atoms with Crippen molar-refractivity contribution >= 4 is 34.9 Å². The number of aromatic nitrogens is 1. The monoisotopic (exact) mass is 428 g/mol. The Bertz CT molecular complexity index is 980. The summed E-state index contributed by atoms with van der Waals surface area (Å²) in [5.74, 6) is -0.242. The third-order valence-corrected chi connectivity index (χ3v) is 4.48. The van der Waals surface area contributed by atoms with Gasteiger partial charge in [0.25, 0.3) is 5.91 Å². The molecule has 0 aliphatic rings. The lowest BCUT2D eigenvalue weighted by Crippen LogP contribution is -2.36. The van der Waals surface area contributed by atoms with Crippen LogP contribution >= 0.6 is 11.6 Å². The number of nitrogens with one attached hydrogen (secondary N) is 2. The standard InChI is InChI=1S/C21H21ClN4O4/c1-29-11-9-26(14-15-4-2-8-23-13-15)21(28)24-16-6-7-18(17(22)12-16)25-20(27)19-5-3-10-30-19/h2-8,10,12-13H,9,11,14H2,1H3,(H,24,28)(H,25,27). The highest BCUT2D eigenvalue weighted by Crippen LogP contribution is 2.26. The SMILES string of the molecule is COCCN(Cc1cccnc1)C(=O)Nc1ccc(NC(=O)c2ccco2)c(Cl)c1. The number of carbonyl (C=O) groups is 2. The normalized spacial score (nSPS) is 10.5. The van der Waals surface area contributed by atoms with Crippen LogP contribution in [0.2, 0.25) is 5.02 Å². The molecule has 0 saturated heterocycles. The number of halogens is 1. The molecule has 3 aromatic rings. The van der Waals surface area contributed by atoms with Crippen LogP contribution in [0.4, 0.5) is 16.2 Å². The number of urea groups is 1. The average molecular weight is 429 g/mol. The summed E-state index contributed by atoms with van der Waals surface area (Å²) in [7, 11) is 1.58. The lowest BCUT2D eigenvalue weighted by atomic mass is 10.2. The number of hydrogen-bond acceptors (Lipinski definition) is 5. The third-order valence-electron chi connectivity index (χ3n) is 4.16. The molecule has 0 saturated carbocycles. The van der Waals surface area contributed by atoms with Gasteiger partial charge in [0, 0.05) is 38.3 Å². The molecule has 1 aromatic carbocycles.